The monoisotopic (exact) mass is 280 g/mol. The molecule has 0 atom stereocenters. The van der Waals surface area contributed by atoms with Gasteiger partial charge in [0.2, 0.25) is 0 Å². The van der Waals surface area contributed by atoms with E-state index in [0.29, 0.717) is 18.0 Å². The molecule has 0 saturated heterocycles. The van der Waals surface area contributed by atoms with Crippen LogP contribution < -0.4 is 15.8 Å². The number of hydrogen-bond donors (Lipinski definition) is 2. The summed E-state index contributed by atoms with van der Waals surface area (Å²) in [5, 5.41) is 2.77. The summed E-state index contributed by atoms with van der Waals surface area (Å²) < 4.78 is 10.4. The van der Waals surface area contributed by atoms with Crippen LogP contribution in [0.15, 0.2) is 18.2 Å². The highest BCUT2D eigenvalue weighted by Gasteiger charge is 2.17. The summed E-state index contributed by atoms with van der Waals surface area (Å²) >= 11 is 0. The van der Waals surface area contributed by atoms with Crippen LogP contribution in [-0.2, 0) is 11.2 Å². The summed E-state index contributed by atoms with van der Waals surface area (Å²) in [6.07, 6.45) is 1.18. The van der Waals surface area contributed by atoms with Crippen LogP contribution in [0.5, 0.6) is 5.75 Å². The van der Waals surface area contributed by atoms with Crippen molar-refractivity contribution in [2.75, 3.05) is 19.0 Å². The minimum Gasteiger partial charge on any atom is -0.497 e. The SMILES string of the molecule is COc1ccc(CCCN)c(NC(=O)OC(C)(C)C)c1. The molecule has 3 N–H and O–H groups in total. The Morgan fingerprint density at radius 3 is 2.60 bits per heavy atom. The number of amides is 1. The van der Waals surface area contributed by atoms with E-state index in [0.717, 1.165) is 18.4 Å². The van der Waals surface area contributed by atoms with Crippen molar-refractivity contribution in [3.05, 3.63) is 23.8 Å². The number of carbonyl (C=O) groups is 1. The van der Waals surface area contributed by atoms with Gasteiger partial charge in [0.25, 0.3) is 0 Å². The summed E-state index contributed by atoms with van der Waals surface area (Å²) in [7, 11) is 1.59. The molecule has 1 rings (SSSR count). The van der Waals surface area contributed by atoms with Crippen LogP contribution in [-0.4, -0.2) is 25.3 Å². The first kappa shape index (κ1) is 16.3. The van der Waals surface area contributed by atoms with Crippen LogP contribution >= 0.6 is 0 Å². The van der Waals surface area contributed by atoms with Crippen molar-refractivity contribution in [1.82, 2.24) is 0 Å². The third kappa shape index (κ3) is 5.48. The van der Waals surface area contributed by atoms with Gasteiger partial charge in [-0.15, -0.1) is 0 Å². The van der Waals surface area contributed by atoms with Gasteiger partial charge >= 0.3 is 6.09 Å². The zero-order chi connectivity index (χ0) is 15.2. The molecule has 0 aliphatic rings. The number of benzene rings is 1. The maximum Gasteiger partial charge on any atom is 0.412 e. The number of anilines is 1. The zero-order valence-corrected chi connectivity index (χ0v) is 12.7. The highest BCUT2D eigenvalue weighted by Crippen LogP contribution is 2.24. The Bertz CT molecular complexity index is 453. The maximum atomic E-state index is 11.9. The molecule has 112 valence electrons. The lowest BCUT2D eigenvalue weighted by atomic mass is 10.1. The molecule has 0 radical (unpaired) electrons. The number of methoxy groups -OCH3 is 1. The lowest BCUT2D eigenvalue weighted by Gasteiger charge is -2.20. The molecule has 0 unspecified atom stereocenters. The Morgan fingerprint density at radius 1 is 1.35 bits per heavy atom. The zero-order valence-electron chi connectivity index (χ0n) is 12.7. The Morgan fingerprint density at radius 2 is 2.05 bits per heavy atom. The van der Waals surface area contributed by atoms with Gasteiger partial charge in [-0.2, -0.15) is 0 Å². The van der Waals surface area contributed by atoms with Crippen LogP contribution in [0.2, 0.25) is 0 Å². The second kappa shape index (κ2) is 7.14. The highest BCUT2D eigenvalue weighted by atomic mass is 16.6. The first-order chi connectivity index (χ1) is 9.35. The van der Waals surface area contributed by atoms with Crippen molar-refractivity contribution >= 4 is 11.8 Å². The molecule has 0 heterocycles. The third-order valence-corrected chi connectivity index (χ3v) is 2.60. The fourth-order valence-corrected chi connectivity index (χ4v) is 1.72. The summed E-state index contributed by atoms with van der Waals surface area (Å²) in [4.78, 5) is 11.9. The van der Waals surface area contributed by atoms with E-state index in [9.17, 15) is 4.79 Å². The fourth-order valence-electron chi connectivity index (χ4n) is 1.72. The number of rotatable bonds is 5. The molecule has 0 aliphatic carbocycles. The summed E-state index contributed by atoms with van der Waals surface area (Å²) in [5.74, 6) is 0.688. The van der Waals surface area contributed by atoms with E-state index in [4.69, 9.17) is 15.2 Å². The summed E-state index contributed by atoms with van der Waals surface area (Å²) in [5.41, 5.74) is 6.72. The number of nitrogens with two attached hydrogens (primary N) is 1. The van der Waals surface area contributed by atoms with Gasteiger partial charge in [-0.1, -0.05) is 6.07 Å². The first-order valence-electron chi connectivity index (χ1n) is 6.72. The van der Waals surface area contributed by atoms with Crippen LogP contribution in [0.4, 0.5) is 10.5 Å². The fraction of sp³-hybridized carbons (Fsp3) is 0.533. The first-order valence-corrected chi connectivity index (χ1v) is 6.72. The van der Waals surface area contributed by atoms with E-state index in [2.05, 4.69) is 5.32 Å². The Hall–Kier alpha value is -1.75. The van der Waals surface area contributed by atoms with E-state index in [1.165, 1.54) is 0 Å². The molecule has 0 saturated carbocycles. The molecule has 20 heavy (non-hydrogen) atoms. The van der Waals surface area contributed by atoms with Crippen LogP contribution in [0.25, 0.3) is 0 Å². The largest absolute Gasteiger partial charge is 0.497 e. The van der Waals surface area contributed by atoms with Crippen LogP contribution in [0, 0.1) is 0 Å². The van der Waals surface area contributed by atoms with E-state index in [1.54, 1.807) is 13.2 Å². The standard InChI is InChI=1S/C15H24N2O3/c1-15(2,3)20-14(18)17-13-10-12(19-4)8-7-11(13)6-5-9-16/h7-8,10H,5-6,9,16H2,1-4H3,(H,17,18). The van der Waals surface area contributed by atoms with Crippen LogP contribution in [0.1, 0.15) is 32.8 Å². The van der Waals surface area contributed by atoms with Gasteiger partial charge in [-0.25, -0.2) is 4.79 Å². The van der Waals surface area contributed by atoms with Gasteiger partial charge < -0.3 is 15.2 Å². The van der Waals surface area contributed by atoms with Crippen molar-refractivity contribution in [3.63, 3.8) is 0 Å². The molecule has 0 aromatic heterocycles. The Labute approximate surface area is 120 Å². The number of hydrogen-bond acceptors (Lipinski definition) is 4. The minimum atomic E-state index is -0.527. The molecule has 5 heteroatoms. The van der Waals surface area contributed by atoms with Crippen molar-refractivity contribution in [2.45, 2.75) is 39.2 Å². The molecule has 0 fully saturated rings. The maximum absolute atomic E-state index is 11.9. The summed E-state index contributed by atoms with van der Waals surface area (Å²) in [6.45, 7) is 6.09. The summed E-state index contributed by atoms with van der Waals surface area (Å²) in [6, 6.07) is 5.59. The molecule has 1 amide bonds. The predicted octanol–water partition coefficient (Wildman–Crippen LogP) is 2.93. The normalized spacial score (nSPS) is 11.1. The Balaban J connectivity index is 2.86. The van der Waals surface area contributed by atoms with Crippen molar-refractivity contribution in [3.8, 4) is 5.75 Å². The quantitative estimate of drug-likeness (QED) is 0.869. The van der Waals surface area contributed by atoms with Gasteiger partial charge in [-0.3, -0.25) is 5.32 Å². The van der Waals surface area contributed by atoms with Crippen molar-refractivity contribution < 1.29 is 14.3 Å². The predicted molar refractivity (Wildman–Crippen MR) is 80.2 cm³/mol. The average Bonchev–Trinajstić information content (AvgIpc) is 2.34. The molecular formula is C15H24N2O3. The van der Waals surface area contributed by atoms with Crippen LogP contribution in [0.3, 0.4) is 0 Å². The second-order valence-corrected chi connectivity index (χ2v) is 5.54. The molecule has 0 spiro atoms. The van der Waals surface area contributed by atoms with Gasteiger partial charge in [0.1, 0.15) is 11.4 Å². The lowest BCUT2D eigenvalue weighted by Crippen LogP contribution is -2.27. The van der Waals surface area contributed by atoms with Gasteiger partial charge in [-0.05, 0) is 51.8 Å². The van der Waals surface area contributed by atoms with E-state index >= 15 is 0 Å². The van der Waals surface area contributed by atoms with E-state index in [1.807, 2.05) is 32.9 Å². The third-order valence-electron chi connectivity index (χ3n) is 2.60. The number of aryl methyl sites for hydroxylation is 1. The van der Waals surface area contributed by atoms with Gasteiger partial charge in [0, 0.05) is 6.07 Å². The lowest BCUT2D eigenvalue weighted by molar-refractivity contribution is 0.0636. The van der Waals surface area contributed by atoms with Gasteiger partial charge in [0.15, 0.2) is 0 Å². The van der Waals surface area contributed by atoms with Gasteiger partial charge in [0.05, 0.1) is 12.8 Å². The molecule has 0 bridgehead atoms. The Kier molecular flexibility index (Phi) is 5.82. The highest BCUT2D eigenvalue weighted by molar-refractivity contribution is 5.86. The molecule has 0 aliphatic heterocycles. The number of ether oxygens (including phenoxy) is 2. The van der Waals surface area contributed by atoms with Crippen molar-refractivity contribution in [2.24, 2.45) is 5.73 Å². The minimum absolute atomic E-state index is 0.472. The smallest absolute Gasteiger partial charge is 0.412 e. The molecular weight excluding hydrogens is 256 g/mol. The number of carbonyl (C=O) groups excluding carboxylic acids is 1. The molecule has 1 aromatic rings. The molecule has 5 nitrogen and oxygen atoms in total. The van der Waals surface area contributed by atoms with Crippen molar-refractivity contribution in [1.29, 1.82) is 0 Å². The number of nitrogens with one attached hydrogen (secondary N) is 1. The second-order valence-electron chi connectivity index (χ2n) is 5.54. The van der Waals surface area contributed by atoms with E-state index in [-0.39, 0.29) is 0 Å². The topological polar surface area (TPSA) is 73.6 Å². The average molecular weight is 280 g/mol. The van der Waals surface area contributed by atoms with E-state index < -0.39 is 11.7 Å². The molecule has 1 aromatic carbocycles.